The number of hydrogen-bond donors (Lipinski definition) is 1. The van der Waals surface area contributed by atoms with Gasteiger partial charge in [-0.1, -0.05) is 17.8 Å². The van der Waals surface area contributed by atoms with E-state index in [9.17, 15) is 10.1 Å². The molecule has 1 aliphatic carbocycles. The number of ether oxygens (including phenoxy) is 1. The maximum atomic E-state index is 12.6. The predicted octanol–water partition coefficient (Wildman–Crippen LogP) is 3.54. The highest BCUT2D eigenvalue weighted by Crippen LogP contribution is 2.34. The quantitative estimate of drug-likeness (QED) is 0.756. The van der Waals surface area contributed by atoms with Crippen LogP contribution in [0.1, 0.15) is 42.5 Å². The molecule has 146 valence electrons. The van der Waals surface area contributed by atoms with E-state index < -0.39 is 0 Å². The van der Waals surface area contributed by atoms with Crippen molar-refractivity contribution in [3.63, 3.8) is 0 Å². The molecule has 0 aromatic carbocycles. The van der Waals surface area contributed by atoms with Crippen molar-refractivity contribution in [1.82, 2.24) is 9.55 Å². The number of nitriles is 1. The lowest BCUT2D eigenvalue weighted by molar-refractivity contribution is -0.113. The number of pyridine rings is 1. The average molecular weight is 397 g/mol. The summed E-state index contributed by atoms with van der Waals surface area (Å²) in [5.41, 5.74) is 2.94. The molecule has 1 amide bonds. The molecule has 3 heterocycles. The lowest BCUT2D eigenvalue weighted by atomic mass is 9.95. The van der Waals surface area contributed by atoms with E-state index in [4.69, 9.17) is 4.74 Å². The van der Waals surface area contributed by atoms with Crippen molar-refractivity contribution in [2.75, 3.05) is 17.7 Å². The van der Waals surface area contributed by atoms with E-state index in [1.54, 1.807) is 6.20 Å². The lowest BCUT2D eigenvalue weighted by Gasteiger charge is -2.19. The van der Waals surface area contributed by atoms with Crippen LogP contribution in [0.15, 0.2) is 29.4 Å². The second kappa shape index (κ2) is 8.80. The number of aromatic nitrogens is 2. The standard InChI is InChI=1S/C21H24N4O2S/c22-12-17-16-7-1-2-8-18(16)25(13-15-6-5-11-27-15)21(17)24-19(26)14-28-20-9-3-4-10-23-20/h3-4,9-10,15H,1-2,5-8,11,13-14H2,(H,24,26)/t15-/m1/s1. The zero-order chi connectivity index (χ0) is 19.3. The largest absolute Gasteiger partial charge is 0.376 e. The van der Waals surface area contributed by atoms with E-state index in [2.05, 4.69) is 20.9 Å². The highest BCUT2D eigenvalue weighted by atomic mass is 32.2. The molecule has 0 spiro atoms. The third-order valence-electron chi connectivity index (χ3n) is 5.34. The van der Waals surface area contributed by atoms with E-state index in [-0.39, 0.29) is 17.8 Å². The molecule has 4 rings (SSSR count). The molecular formula is C21H24N4O2S. The Kier molecular flexibility index (Phi) is 5.98. The summed E-state index contributed by atoms with van der Waals surface area (Å²) in [5.74, 6) is 0.796. The van der Waals surface area contributed by atoms with Crippen LogP contribution in [-0.4, -0.2) is 33.9 Å². The minimum atomic E-state index is -0.115. The molecule has 2 aromatic heterocycles. The molecule has 2 aliphatic rings. The fraction of sp³-hybridized carbons (Fsp3) is 0.476. The number of carbonyl (C=O) groups excluding carboxylic acids is 1. The fourth-order valence-electron chi connectivity index (χ4n) is 4.05. The van der Waals surface area contributed by atoms with E-state index in [1.807, 2.05) is 18.2 Å². The number of amides is 1. The highest BCUT2D eigenvalue weighted by Gasteiger charge is 2.28. The zero-order valence-corrected chi connectivity index (χ0v) is 16.6. The van der Waals surface area contributed by atoms with Crippen molar-refractivity contribution in [2.45, 2.75) is 56.2 Å². The summed E-state index contributed by atoms with van der Waals surface area (Å²) in [7, 11) is 0. The first-order valence-electron chi connectivity index (χ1n) is 9.86. The Labute approximate surface area is 169 Å². The van der Waals surface area contributed by atoms with Gasteiger partial charge in [0, 0.05) is 18.5 Å². The van der Waals surface area contributed by atoms with Crippen molar-refractivity contribution in [3.8, 4) is 6.07 Å². The summed E-state index contributed by atoms with van der Waals surface area (Å²) < 4.78 is 7.97. The van der Waals surface area contributed by atoms with E-state index >= 15 is 0 Å². The molecule has 1 fully saturated rings. The summed E-state index contributed by atoms with van der Waals surface area (Å²) in [6.45, 7) is 1.49. The van der Waals surface area contributed by atoms with Gasteiger partial charge in [0.05, 0.1) is 29.0 Å². The van der Waals surface area contributed by atoms with Crippen LogP contribution in [0.25, 0.3) is 0 Å². The molecule has 0 bridgehead atoms. The Bertz CT molecular complexity index is 882. The summed E-state index contributed by atoms with van der Waals surface area (Å²) in [6.07, 6.45) is 8.04. The van der Waals surface area contributed by atoms with Gasteiger partial charge in [-0.05, 0) is 56.2 Å². The molecule has 1 N–H and O–H groups in total. The third-order valence-corrected chi connectivity index (χ3v) is 6.29. The molecule has 2 aromatic rings. The van der Waals surface area contributed by atoms with Crippen LogP contribution < -0.4 is 5.32 Å². The molecule has 7 heteroatoms. The third kappa shape index (κ3) is 4.08. The molecular weight excluding hydrogens is 372 g/mol. The Morgan fingerprint density at radius 1 is 1.36 bits per heavy atom. The Balaban J connectivity index is 1.56. The molecule has 28 heavy (non-hydrogen) atoms. The van der Waals surface area contributed by atoms with Crippen LogP contribution in [0.4, 0.5) is 5.82 Å². The van der Waals surface area contributed by atoms with Crippen LogP contribution in [0.2, 0.25) is 0 Å². The normalized spacial score (nSPS) is 18.5. The highest BCUT2D eigenvalue weighted by molar-refractivity contribution is 7.99. The van der Waals surface area contributed by atoms with Crippen LogP contribution in [0, 0.1) is 11.3 Å². The molecule has 1 saturated heterocycles. The molecule has 0 unspecified atom stereocenters. The van der Waals surface area contributed by atoms with Gasteiger partial charge in [0.2, 0.25) is 5.91 Å². The van der Waals surface area contributed by atoms with Crippen molar-refractivity contribution in [2.24, 2.45) is 0 Å². The summed E-state index contributed by atoms with van der Waals surface area (Å²) in [4.78, 5) is 16.9. The Morgan fingerprint density at radius 2 is 2.25 bits per heavy atom. The van der Waals surface area contributed by atoms with Gasteiger partial charge >= 0.3 is 0 Å². The minimum Gasteiger partial charge on any atom is -0.376 e. The molecule has 6 nitrogen and oxygen atoms in total. The van der Waals surface area contributed by atoms with Crippen LogP contribution in [0.3, 0.4) is 0 Å². The number of rotatable bonds is 6. The first kappa shape index (κ1) is 19.0. The second-order valence-corrected chi connectivity index (χ2v) is 8.21. The maximum absolute atomic E-state index is 12.6. The van der Waals surface area contributed by atoms with Crippen LogP contribution in [0.5, 0.6) is 0 Å². The van der Waals surface area contributed by atoms with E-state index in [0.717, 1.165) is 55.7 Å². The van der Waals surface area contributed by atoms with Gasteiger partial charge in [0.1, 0.15) is 11.9 Å². The minimum absolute atomic E-state index is 0.115. The Morgan fingerprint density at radius 3 is 3.00 bits per heavy atom. The molecule has 0 saturated carbocycles. The van der Waals surface area contributed by atoms with Crippen molar-refractivity contribution < 1.29 is 9.53 Å². The van der Waals surface area contributed by atoms with E-state index in [1.165, 1.54) is 17.5 Å². The topological polar surface area (TPSA) is 79.9 Å². The van der Waals surface area contributed by atoms with Gasteiger partial charge in [0.15, 0.2) is 0 Å². The van der Waals surface area contributed by atoms with Gasteiger partial charge in [0.25, 0.3) is 0 Å². The first-order valence-corrected chi connectivity index (χ1v) is 10.8. The first-order chi connectivity index (χ1) is 13.8. The number of hydrogen-bond acceptors (Lipinski definition) is 5. The number of nitrogens with one attached hydrogen (secondary N) is 1. The predicted molar refractivity (Wildman–Crippen MR) is 108 cm³/mol. The number of thioether (sulfide) groups is 1. The molecule has 0 radical (unpaired) electrons. The van der Waals surface area contributed by atoms with Crippen molar-refractivity contribution >= 4 is 23.5 Å². The van der Waals surface area contributed by atoms with Crippen LogP contribution >= 0.6 is 11.8 Å². The number of carbonyl (C=O) groups is 1. The number of fused-ring (bicyclic) bond motifs is 1. The zero-order valence-electron chi connectivity index (χ0n) is 15.8. The average Bonchev–Trinajstić information content (AvgIpc) is 3.34. The maximum Gasteiger partial charge on any atom is 0.235 e. The second-order valence-electron chi connectivity index (χ2n) is 7.22. The van der Waals surface area contributed by atoms with Gasteiger partial charge in [-0.15, -0.1) is 0 Å². The van der Waals surface area contributed by atoms with Gasteiger partial charge in [-0.3, -0.25) is 4.79 Å². The summed E-state index contributed by atoms with van der Waals surface area (Å²) in [5, 5.41) is 13.6. The van der Waals surface area contributed by atoms with Crippen molar-refractivity contribution in [3.05, 3.63) is 41.2 Å². The number of anilines is 1. The van der Waals surface area contributed by atoms with Crippen LogP contribution in [-0.2, 0) is 28.9 Å². The van der Waals surface area contributed by atoms with Gasteiger partial charge in [-0.25, -0.2) is 4.98 Å². The monoisotopic (exact) mass is 396 g/mol. The van der Waals surface area contributed by atoms with Crippen molar-refractivity contribution in [1.29, 1.82) is 5.26 Å². The summed E-state index contributed by atoms with van der Waals surface area (Å²) >= 11 is 1.39. The summed E-state index contributed by atoms with van der Waals surface area (Å²) in [6, 6.07) is 8.00. The van der Waals surface area contributed by atoms with Gasteiger partial charge in [-0.2, -0.15) is 5.26 Å². The molecule has 1 atom stereocenters. The lowest BCUT2D eigenvalue weighted by Crippen LogP contribution is -2.23. The number of nitrogens with zero attached hydrogens (tertiary/aromatic N) is 3. The Hall–Kier alpha value is -2.30. The molecule has 1 aliphatic heterocycles. The van der Waals surface area contributed by atoms with Gasteiger partial charge < -0.3 is 14.6 Å². The smallest absolute Gasteiger partial charge is 0.235 e. The SMILES string of the molecule is N#Cc1c2c(n(C[C@H]3CCCO3)c1NC(=O)CSc1ccccn1)CCCC2. The van der Waals surface area contributed by atoms with E-state index in [0.29, 0.717) is 17.9 Å². The fourth-order valence-corrected chi connectivity index (χ4v) is 4.71.